The van der Waals surface area contributed by atoms with Gasteiger partial charge in [-0.2, -0.15) is 0 Å². The first-order valence-electron chi connectivity index (χ1n) is 9.15. The number of furan rings is 1. The Hall–Kier alpha value is -2.77. The average molecular weight is 419 g/mol. The molecule has 8 heteroatoms. The molecule has 1 fully saturated rings. The van der Waals surface area contributed by atoms with E-state index in [2.05, 4.69) is 0 Å². The van der Waals surface area contributed by atoms with E-state index in [0.717, 1.165) is 6.54 Å². The first kappa shape index (κ1) is 21.0. The smallest absolute Gasteiger partial charge is 0.295 e. The Balaban J connectivity index is 2.10. The van der Waals surface area contributed by atoms with Crippen molar-refractivity contribution in [2.75, 3.05) is 34.3 Å². The van der Waals surface area contributed by atoms with Gasteiger partial charge in [-0.05, 0) is 57.4 Å². The molecule has 154 valence electrons. The lowest BCUT2D eigenvalue weighted by atomic mass is 9.98. The predicted octanol–water partition coefficient (Wildman–Crippen LogP) is 3.32. The summed E-state index contributed by atoms with van der Waals surface area (Å²) in [7, 11) is 5.32. The molecule has 1 N–H and O–H groups in total. The number of carbonyl (C=O) groups is 2. The van der Waals surface area contributed by atoms with E-state index < -0.39 is 17.7 Å². The summed E-state index contributed by atoms with van der Waals surface area (Å²) < 4.78 is 10.8. The molecule has 2 aromatic rings. The molecule has 0 spiro atoms. The van der Waals surface area contributed by atoms with Crippen LogP contribution in [0.4, 0.5) is 0 Å². The number of Topliss-reactive ketones (excluding diaryl/α,β-unsaturated/α-hetero) is 1. The Kier molecular flexibility index (Phi) is 6.30. The predicted molar refractivity (Wildman–Crippen MR) is 109 cm³/mol. The van der Waals surface area contributed by atoms with E-state index in [1.165, 1.54) is 24.3 Å². The summed E-state index contributed by atoms with van der Waals surface area (Å²) in [5, 5.41) is 11.4. The highest BCUT2D eigenvalue weighted by Gasteiger charge is 2.47. The second-order valence-electron chi connectivity index (χ2n) is 7.01. The number of hydrogen-bond acceptors (Lipinski definition) is 6. The van der Waals surface area contributed by atoms with Crippen molar-refractivity contribution in [1.29, 1.82) is 0 Å². The summed E-state index contributed by atoms with van der Waals surface area (Å²) in [4.78, 5) is 29.1. The fourth-order valence-corrected chi connectivity index (χ4v) is 3.59. The van der Waals surface area contributed by atoms with Crippen LogP contribution in [0.1, 0.15) is 23.8 Å². The molecule has 1 aliphatic heterocycles. The van der Waals surface area contributed by atoms with Crippen LogP contribution in [0, 0.1) is 0 Å². The van der Waals surface area contributed by atoms with Crippen LogP contribution in [0.25, 0.3) is 5.76 Å². The van der Waals surface area contributed by atoms with E-state index in [1.54, 1.807) is 24.3 Å². The Morgan fingerprint density at radius 1 is 1.31 bits per heavy atom. The van der Waals surface area contributed by atoms with Gasteiger partial charge in [0.15, 0.2) is 0 Å². The van der Waals surface area contributed by atoms with Crippen LogP contribution >= 0.6 is 11.6 Å². The number of benzene rings is 1. The number of aliphatic hydroxyl groups excluding tert-OH is 1. The Bertz CT molecular complexity index is 937. The molecule has 1 aliphatic rings. The summed E-state index contributed by atoms with van der Waals surface area (Å²) in [5.41, 5.74) is 0.193. The largest absolute Gasteiger partial charge is 0.507 e. The zero-order valence-corrected chi connectivity index (χ0v) is 17.3. The summed E-state index contributed by atoms with van der Waals surface area (Å²) in [5.74, 6) is -1.05. The van der Waals surface area contributed by atoms with Gasteiger partial charge in [-0.1, -0.05) is 11.6 Å². The molecular formula is C21H23ClN2O5. The number of amides is 1. The van der Waals surface area contributed by atoms with Gasteiger partial charge in [0.25, 0.3) is 11.7 Å². The Labute approximate surface area is 174 Å². The Morgan fingerprint density at radius 3 is 2.69 bits per heavy atom. The molecular weight excluding hydrogens is 396 g/mol. The van der Waals surface area contributed by atoms with E-state index in [4.69, 9.17) is 20.8 Å². The van der Waals surface area contributed by atoms with Crippen molar-refractivity contribution in [3.63, 3.8) is 0 Å². The molecule has 1 saturated heterocycles. The third-order valence-corrected chi connectivity index (χ3v) is 5.01. The standard InChI is InChI=1S/C21H23ClN2O5/c1-23(2)9-5-10-24-18(16-6-4-11-29-16)17(20(26)21(24)27)19(25)14-12-13(22)7-8-15(14)28-3/h4,6-8,11-12,18,25H,5,9-10H2,1-3H3/b19-17+/t18-/m1/s1. The minimum Gasteiger partial charge on any atom is -0.507 e. The van der Waals surface area contributed by atoms with Gasteiger partial charge >= 0.3 is 0 Å². The number of likely N-dealkylation sites (tertiary alicyclic amines) is 1. The van der Waals surface area contributed by atoms with E-state index in [0.29, 0.717) is 29.5 Å². The van der Waals surface area contributed by atoms with Crippen molar-refractivity contribution in [3.8, 4) is 5.75 Å². The molecule has 0 saturated carbocycles. The van der Waals surface area contributed by atoms with Crippen molar-refractivity contribution in [2.24, 2.45) is 0 Å². The number of ketones is 1. The third-order valence-electron chi connectivity index (χ3n) is 4.77. The van der Waals surface area contributed by atoms with Crippen molar-refractivity contribution in [1.82, 2.24) is 9.80 Å². The molecule has 1 aromatic heterocycles. The number of hydrogen-bond donors (Lipinski definition) is 1. The van der Waals surface area contributed by atoms with Gasteiger partial charge in [-0.25, -0.2) is 0 Å². The molecule has 1 atom stereocenters. The minimum atomic E-state index is -0.823. The lowest BCUT2D eigenvalue weighted by Gasteiger charge is -2.24. The maximum atomic E-state index is 12.9. The zero-order chi connectivity index (χ0) is 21.1. The lowest BCUT2D eigenvalue weighted by Crippen LogP contribution is -2.32. The van der Waals surface area contributed by atoms with Crippen molar-refractivity contribution in [2.45, 2.75) is 12.5 Å². The number of halogens is 1. The highest BCUT2D eigenvalue weighted by Crippen LogP contribution is 2.41. The summed E-state index contributed by atoms with van der Waals surface area (Å²) in [6.45, 7) is 1.09. The topological polar surface area (TPSA) is 83.2 Å². The van der Waals surface area contributed by atoms with Crippen LogP contribution in [0.15, 0.2) is 46.6 Å². The first-order valence-corrected chi connectivity index (χ1v) is 9.53. The average Bonchev–Trinajstić information content (AvgIpc) is 3.29. The maximum absolute atomic E-state index is 12.9. The van der Waals surface area contributed by atoms with Crippen molar-refractivity contribution in [3.05, 3.63) is 58.5 Å². The minimum absolute atomic E-state index is 0.0460. The van der Waals surface area contributed by atoms with Crippen LogP contribution in [0.3, 0.4) is 0 Å². The molecule has 0 radical (unpaired) electrons. The van der Waals surface area contributed by atoms with E-state index >= 15 is 0 Å². The van der Waals surface area contributed by atoms with Crippen molar-refractivity contribution < 1.29 is 23.8 Å². The fourth-order valence-electron chi connectivity index (χ4n) is 3.42. The molecule has 2 heterocycles. The van der Waals surface area contributed by atoms with Gasteiger partial charge in [0.2, 0.25) is 0 Å². The zero-order valence-electron chi connectivity index (χ0n) is 16.5. The quantitative estimate of drug-likeness (QED) is 0.422. The van der Waals surface area contributed by atoms with Gasteiger partial charge < -0.3 is 24.1 Å². The molecule has 0 unspecified atom stereocenters. The van der Waals surface area contributed by atoms with Crippen LogP contribution < -0.4 is 4.74 Å². The number of carbonyl (C=O) groups excluding carboxylic acids is 2. The first-order chi connectivity index (χ1) is 13.8. The van der Waals surface area contributed by atoms with Crippen LogP contribution in [0.2, 0.25) is 5.02 Å². The normalized spacial score (nSPS) is 18.7. The molecule has 1 amide bonds. The monoisotopic (exact) mass is 418 g/mol. The summed E-state index contributed by atoms with van der Waals surface area (Å²) >= 11 is 6.08. The molecule has 0 bridgehead atoms. The highest BCUT2D eigenvalue weighted by atomic mass is 35.5. The number of rotatable bonds is 7. The maximum Gasteiger partial charge on any atom is 0.295 e. The number of nitrogens with zero attached hydrogens (tertiary/aromatic N) is 2. The SMILES string of the molecule is COc1ccc(Cl)cc1/C(O)=C1\C(=O)C(=O)N(CCCN(C)C)[C@@H]1c1ccco1. The third kappa shape index (κ3) is 4.16. The van der Waals surface area contributed by atoms with Gasteiger partial charge in [0, 0.05) is 11.6 Å². The van der Waals surface area contributed by atoms with Crippen LogP contribution in [-0.4, -0.2) is 60.9 Å². The number of ether oxygens (including phenoxy) is 1. The van der Waals surface area contributed by atoms with Crippen LogP contribution in [-0.2, 0) is 9.59 Å². The van der Waals surface area contributed by atoms with Gasteiger partial charge in [-0.3, -0.25) is 9.59 Å². The summed E-state index contributed by atoms with van der Waals surface area (Å²) in [6, 6.07) is 7.23. The second-order valence-corrected chi connectivity index (χ2v) is 7.45. The van der Waals surface area contributed by atoms with Crippen molar-refractivity contribution >= 4 is 29.1 Å². The lowest BCUT2D eigenvalue weighted by molar-refractivity contribution is -0.140. The van der Waals surface area contributed by atoms with E-state index in [-0.39, 0.29) is 16.9 Å². The van der Waals surface area contributed by atoms with Gasteiger partial charge in [0.1, 0.15) is 23.3 Å². The molecule has 0 aliphatic carbocycles. The van der Waals surface area contributed by atoms with E-state index in [1.807, 2.05) is 19.0 Å². The molecule has 1 aromatic carbocycles. The Morgan fingerprint density at radius 2 is 2.07 bits per heavy atom. The molecule has 3 rings (SSSR count). The summed E-state index contributed by atoms with van der Waals surface area (Å²) in [6.07, 6.45) is 2.13. The molecule has 7 nitrogen and oxygen atoms in total. The molecule has 29 heavy (non-hydrogen) atoms. The number of aliphatic hydroxyl groups is 1. The van der Waals surface area contributed by atoms with Gasteiger partial charge in [-0.15, -0.1) is 0 Å². The highest BCUT2D eigenvalue weighted by molar-refractivity contribution is 6.46. The van der Waals surface area contributed by atoms with Gasteiger partial charge in [0.05, 0.1) is 24.5 Å². The van der Waals surface area contributed by atoms with E-state index in [9.17, 15) is 14.7 Å². The fraction of sp³-hybridized carbons (Fsp3) is 0.333. The second kappa shape index (κ2) is 8.71. The van der Waals surface area contributed by atoms with Crippen LogP contribution in [0.5, 0.6) is 5.75 Å². The number of methoxy groups -OCH3 is 1.